The lowest BCUT2D eigenvalue weighted by Gasteiger charge is -2.27. The molecule has 0 radical (unpaired) electrons. The third kappa shape index (κ3) is 3.54. The average Bonchev–Trinajstić information content (AvgIpc) is 3.30. The first kappa shape index (κ1) is 20.9. The number of esters is 1. The molecule has 31 heavy (non-hydrogen) atoms. The summed E-state index contributed by atoms with van der Waals surface area (Å²) in [5, 5.41) is 25.8. The van der Waals surface area contributed by atoms with Gasteiger partial charge >= 0.3 is 5.97 Å². The predicted molar refractivity (Wildman–Crippen MR) is 112 cm³/mol. The Morgan fingerprint density at radius 2 is 2.06 bits per heavy atom. The van der Waals surface area contributed by atoms with Crippen molar-refractivity contribution in [2.24, 2.45) is 4.99 Å². The molecule has 0 unspecified atom stereocenters. The van der Waals surface area contributed by atoms with Gasteiger partial charge in [0.05, 0.1) is 11.3 Å². The zero-order valence-electron chi connectivity index (χ0n) is 17.0. The molecule has 0 aliphatic carbocycles. The number of aryl methyl sites for hydroxylation is 1. The van der Waals surface area contributed by atoms with Gasteiger partial charge in [0.25, 0.3) is 0 Å². The van der Waals surface area contributed by atoms with Crippen molar-refractivity contribution in [2.75, 3.05) is 19.4 Å². The van der Waals surface area contributed by atoms with E-state index >= 15 is 0 Å². The molecule has 0 bridgehead atoms. The van der Waals surface area contributed by atoms with Crippen molar-refractivity contribution in [3.63, 3.8) is 0 Å². The van der Waals surface area contributed by atoms with E-state index in [0.29, 0.717) is 16.8 Å². The number of carbonyl (C=O) groups is 1. The maximum Gasteiger partial charge on any atom is 0.338 e. The number of hydrogen-bond donors (Lipinski definition) is 3. The van der Waals surface area contributed by atoms with Crippen LogP contribution >= 0.6 is 0 Å². The van der Waals surface area contributed by atoms with Crippen molar-refractivity contribution in [1.29, 1.82) is 0 Å². The number of benzene rings is 1. The number of anilines is 1. The number of nitrogen functional groups attached to an aromatic ring is 1. The van der Waals surface area contributed by atoms with Crippen molar-refractivity contribution in [3.8, 4) is 0 Å². The summed E-state index contributed by atoms with van der Waals surface area (Å²) in [4.78, 5) is 20.3. The fourth-order valence-electron chi connectivity index (χ4n) is 3.74. The van der Waals surface area contributed by atoms with Gasteiger partial charge in [-0.25, -0.2) is 14.3 Å². The van der Waals surface area contributed by atoms with Crippen LogP contribution in [0.4, 0.5) is 5.82 Å². The van der Waals surface area contributed by atoms with Gasteiger partial charge in [0.1, 0.15) is 36.8 Å². The van der Waals surface area contributed by atoms with Gasteiger partial charge in [-0.3, -0.25) is 4.99 Å². The molecule has 10 heteroatoms. The van der Waals surface area contributed by atoms with Crippen LogP contribution in [0.2, 0.25) is 0 Å². The highest BCUT2D eigenvalue weighted by atomic mass is 16.6. The zero-order valence-corrected chi connectivity index (χ0v) is 17.0. The first-order valence-corrected chi connectivity index (χ1v) is 9.67. The largest absolute Gasteiger partial charge is 0.459 e. The molecule has 1 saturated heterocycles. The van der Waals surface area contributed by atoms with E-state index in [1.54, 1.807) is 36.4 Å². The maximum absolute atomic E-state index is 12.3. The zero-order chi connectivity index (χ0) is 22.2. The lowest BCUT2D eigenvalue weighted by Crippen LogP contribution is -2.43. The van der Waals surface area contributed by atoms with Crippen LogP contribution in [0, 0.1) is 6.92 Å². The van der Waals surface area contributed by atoms with Crippen LogP contribution in [0.25, 0.3) is 5.52 Å². The predicted octanol–water partition coefficient (Wildman–Crippen LogP) is 0.493. The molecule has 0 saturated carbocycles. The fraction of sp³-hybridized carbons (Fsp3) is 0.333. The number of carbonyl (C=O) groups excluding carboxylic acids is 1. The topological polar surface area (TPSA) is 145 Å². The standard InChI is InChI=1S/C21H23N5O5/c1-12-3-5-13(6-4-12)20(29)30-9-15-17(27)18(28)21(31-15,10-23-2)16-8-7-14-19(22)24-11-25-26(14)16/h3-8,10-11,15,17-18,27-28H,9H2,1-2H3,(H2,22,24,25)/b23-10-/t15-,17-,18-,21+/m1/s1. The van der Waals surface area contributed by atoms with Gasteiger partial charge in [0, 0.05) is 13.3 Å². The second-order valence-electron chi connectivity index (χ2n) is 7.40. The first-order valence-electron chi connectivity index (χ1n) is 9.67. The highest BCUT2D eigenvalue weighted by Crippen LogP contribution is 2.39. The molecule has 4 atom stereocenters. The monoisotopic (exact) mass is 425 g/mol. The molecule has 0 amide bonds. The lowest BCUT2D eigenvalue weighted by molar-refractivity contribution is -0.0588. The summed E-state index contributed by atoms with van der Waals surface area (Å²) in [6.45, 7) is 1.66. The molecular formula is C21H23N5O5. The lowest BCUT2D eigenvalue weighted by atomic mass is 9.92. The van der Waals surface area contributed by atoms with E-state index in [-0.39, 0.29) is 12.4 Å². The van der Waals surface area contributed by atoms with E-state index in [9.17, 15) is 15.0 Å². The molecule has 1 aromatic carbocycles. The van der Waals surface area contributed by atoms with Crippen LogP contribution in [0.1, 0.15) is 21.6 Å². The summed E-state index contributed by atoms with van der Waals surface area (Å²) in [6.07, 6.45) is -1.06. The van der Waals surface area contributed by atoms with Gasteiger partial charge < -0.3 is 25.4 Å². The van der Waals surface area contributed by atoms with Crippen molar-refractivity contribution in [1.82, 2.24) is 14.6 Å². The number of nitrogens with zero attached hydrogens (tertiary/aromatic N) is 4. The second kappa shape index (κ2) is 8.06. The van der Waals surface area contributed by atoms with Crippen molar-refractivity contribution in [2.45, 2.75) is 30.8 Å². The Morgan fingerprint density at radius 1 is 1.32 bits per heavy atom. The number of aliphatic hydroxyl groups excluding tert-OH is 2. The van der Waals surface area contributed by atoms with Crippen molar-refractivity contribution < 1.29 is 24.5 Å². The summed E-state index contributed by atoms with van der Waals surface area (Å²) in [7, 11) is 1.52. The molecule has 1 fully saturated rings. The molecule has 1 aliphatic heterocycles. The maximum atomic E-state index is 12.3. The highest BCUT2D eigenvalue weighted by molar-refractivity contribution is 5.89. The molecular weight excluding hydrogens is 402 g/mol. The van der Waals surface area contributed by atoms with Crippen molar-refractivity contribution in [3.05, 3.63) is 59.5 Å². The van der Waals surface area contributed by atoms with Crippen LogP contribution < -0.4 is 5.73 Å². The number of ether oxygens (including phenoxy) is 2. The van der Waals surface area contributed by atoms with Crippen LogP contribution in [0.5, 0.6) is 0 Å². The van der Waals surface area contributed by atoms with Gasteiger partial charge in [-0.2, -0.15) is 5.10 Å². The van der Waals surface area contributed by atoms with Gasteiger partial charge in [-0.05, 0) is 31.2 Å². The smallest absolute Gasteiger partial charge is 0.338 e. The van der Waals surface area contributed by atoms with E-state index in [2.05, 4.69) is 15.1 Å². The van der Waals surface area contributed by atoms with Crippen LogP contribution in [0.3, 0.4) is 0 Å². The summed E-state index contributed by atoms with van der Waals surface area (Å²) in [5.41, 5.74) is 6.69. The van der Waals surface area contributed by atoms with Crippen LogP contribution in [-0.4, -0.2) is 69.0 Å². The number of rotatable bonds is 5. The SMILES string of the molecule is C/N=C\[C@@]1(c2ccc3c(N)ncnn23)O[C@H](COC(=O)c2ccc(C)cc2)[C@@H](O)[C@H]1O. The molecule has 2 aromatic heterocycles. The summed E-state index contributed by atoms with van der Waals surface area (Å²) >= 11 is 0. The van der Waals surface area contributed by atoms with E-state index in [1.165, 1.54) is 24.1 Å². The van der Waals surface area contributed by atoms with Crippen LogP contribution in [0.15, 0.2) is 47.7 Å². The Morgan fingerprint density at radius 3 is 2.77 bits per heavy atom. The summed E-state index contributed by atoms with van der Waals surface area (Å²) in [6, 6.07) is 10.3. The Balaban J connectivity index is 1.61. The second-order valence-corrected chi connectivity index (χ2v) is 7.40. The molecule has 3 heterocycles. The number of hydrogen-bond acceptors (Lipinski definition) is 9. The van der Waals surface area contributed by atoms with Gasteiger partial charge in [0.2, 0.25) is 0 Å². The Bertz CT molecular complexity index is 1130. The minimum atomic E-state index is -1.53. The number of fused-ring (bicyclic) bond motifs is 1. The average molecular weight is 425 g/mol. The molecule has 4 rings (SSSR count). The van der Waals surface area contributed by atoms with Gasteiger partial charge in [-0.15, -0.1) is 0 Å². The number of aliphatic imine (C=N–C) groups is 1. The number of aromatic nitrogens is 3. The minimum absolute atomic E-state index is 0.251. The van der Waals surface area contributed by atoms with Gasteiger partial charge in [0.15, 0.2) is 11.4 Å². The molecule has 1 aliphatic rings. The molecule has 162 valence electrons. The van der Waals surface area contributed by atoms with E-state index in [0.717, 1.165) is 5.56 Å². The molecule has 3 aromatic rings. The summed E-state index contributed by atoms with van der Waals surface area (Å²) in [5.74, 6) is -0.304. The Labute approximate surface area is 178 Å². The molecule has 10 nitrogen and oxygen atoms in total. The summed E-state index contributed by atoms with van der Waals surface area (Å²) < 4.78 is 12.9. The quantitative estimate of drug-likeness (QED) is 0.396. The van der Waals surface area contributed by atoms with E-state index in [4.69, 9.17) is 15.2 Å². The minimum Gasteiger partial charge on any atom is -0.459 e. The molecule has 0 spiro atoms. The van der Waals surface area contributed by atoms with Crippen molar-refractivity contribution >= 4 is 23.5 Å². The van der Waals surface area contributed by atoms with E-state index < -0.39 is 29.9 Å². The third-order valence-corrected chi connectivity index (χ3v) is 5.36. The number of nitrogens with two attached hydrogens (primary N) is 1. The fourth-order valence-corrected chi connectivity index (χ4v) is 3.74. The Hall–Kier alpha value is -3.34. The highest BCUT2D eigenvalue weighted by Gasteiger charge is 2.56. The molecule has 4 N–H and O–H groups in total. The van der Waals surface area contributed by atoms with E-state index in [1.807, 2.05) is 6.92 Å². The first-order chi connectivity index (χ1) is 14.9. The Kier molecular flexibility index (Phi) is 5.44. The van der Waals surface area contributed by atoms with Gasteiger partial charge in [-0.1, -0.05) is 17.7 Å². The normalized spacial score (nSPS) is 26.0. The van der Waals surface area contributed by atoms with Crippen LogP contribution in [-0.2, 0) is 15.1 Å². The third-order valence-electron chi connectivity index (χ3n) is 5.36. The number of aliphatic hydroxyl groups is 2.